The van der Waals surface area contributed by atoms with Crippen molar-refractivity contribution >= 4 is 40.3 Å². The zero-order valence-corrected chi connectivity index (χ0v) is 14.2. The molecule has 0 radical (unpaired) electrons. The zero-order chi connectivity index (χ0) is 15.6. The molecule has 2 aromatic rings. The molecule has 1 aromatic heterocycles. The highest BCUT2D eigenvalue weighted by Gasteiger charge is 2.11. The third-order valence-corrected chi connectivity index (χ3v) is 3.96. The Kier molecular flexibility index (Phi) is 4.85. The number of rotatable bonds is 3. The molecule has 4 nitrogen and oxygen atoms in total. The average molecular weight is 323 g/mol. The number of anilines is 2. The molecule has 0 bridgehead atoms. The molecular formula is C15H19ClN4S. The van der Waals surface area contributed by atoms with Gasteiger partial charge in [-0.1, -0.05) is 17.7 Å². The van der Waals surface area contributed by atoms with Crippen molar-refractivity contribution in [3.63, 3.8) is 0 Å². The first-order chi connectivity index (χ1) is 9.92. The lowest BCUT2D eigenvalue weighted by Gasteiger charge is -2.12. The molecule has 2 rings (SSSR count). The summed E-state index contributed by atoms with van der Waals surface area (Å²) in [7, 11) is 0. The molecule has 0 unspecified atom stereocenters. The molecular weight excluding hydrogens is 304 g/mol. The highest BCUT2D eigenvalue weighted by atomic mass is 35.5. The van der Waals surface area contributed by atoms with Gasteiger partial charge in [-0.3, -0.25) is 4.68 Å². The van der Waals surface area contributed by atoms with Gasteiger partial charge < -0.3 is 10.6 Å². The van der Waals surface area contributed by atoms with E-state index in [1.54, 1.807) is 0 Å². The Bertz CT molecular complexity index is 679. The summed E-state index contributed by atoms with van der Waals surface area (Å²) in [6, 6.07) is 5.77. The molecule has 0 aliphatic carbocycles. The Balaban J connectivity index is 2.11. The maximum absolute atomic E-state index is 6.11. The number of aromatic nitrogens is 2. The van der Waals surface area contributed by atoms with Crippen molar-refractivity contribution in [1.29, 1.82) is 0 Å². The van der Waals surface area contributed by atoms with Gasteiger partial charge in [0, 0.05) is 17.3 Å². The third-order valence-electron chi connectivity index (χ3n) is 3.35. The summed E-state index contributed by atoms with van der Waals surface area (Å²) in [6.45, 7) is 8.86. The second kappa shape index (κ2) is 6.45. The Morgan fingerprint density at radius 2 is 2.00 bits per heavy atom. The van der Waals surface area contributed by atoms with Crippen LogP contribution in [0.1, 0.15) is 23.9 Å². The predicted molar refractivity (Wildman–Crippen MR) is 93.4 cm³/mol. The van der Waals surface area contributed by atoms with E-state index in [0.29, 0.717) is 10.1 Å². The molecule has 0 spiro atoms. The van der Waals surface area contributed by atoms with Crippen LogP contribution in [0.4, 0.5) is 11.4 Å². The molecule has 1 aromatic carbocycles. The van der Waals surface area contributed by atoms with Crippen molar-refractivity contribution in [2.45, 2.75) is 34.2 Å². The summed E-state index contributed by atoms with van der Waals surface area (Å²) >= 11 is 11.5. The SMILES string of the molecule is CCn1nc(C)c(NC(=S)Nc2ccc(C)c(Cl)c2)c1C. The lowest BCUT2D eigenvalue weighted by atomic mass is 10.2. The van der Waals surface area contributed by atoms with Crippen LogP contribution in [0.5, 0.6) is 0 Å². The molecule has 2 N–H and O–H groups in total. The Hall–Kier alpha value is -1.59. The van der Waals surface area contributed by atoms with Crippen molar-refractivity contribution in [3.8, 4) is 0 Å². The summed E-state index contributed by atoms with van der Waals surface area (Å²) in [5.41, 5.74) is 4.85. The number of nitrogens with one attached hydrogen (secondary N) is 2. The van der Waals surface area contributed by atoms with Gasteiger partial charge in [-0.15, -0.1) is 0 Å². The Morgan fingerprint density at radius 1 is 1.29 bits per heavy atom. The van der Waals surface area contributed by atoms with E-state index in [-0.39, 0.29) is 0 Å². The second-order valence-corrected chi connectivity index (χ2v) is 5.72. The van der Waals surface area contributed by atoms with Crippen molar-refractivity contribution in [2.75, 3.05) is 10.6 Å². The van der Waals surface area contributed by atoms with E-state index in [4.69, 9.17) is 23.8 Å². The van der Waals surface area contributed by atoms with Gasteiger partial charge in [0.15, 0.2) is 5.11 Å². The summed E-state index contributed by atoms with van der Waals surface area (Å²) in [6.07, 6.45) is 0. The average Bonchev–Trinajstić information content (AvgIpc) is 2.70. The Labute approximate surface area is 135 Å². The summed E-state index contributed by atoms with van der Waals surface area (Å²) in [5.74, 6) is 0. The van der Waals surface area contributed by atoms with Gasteiger partial charge in [0.2, 0.25) is 0 Å². The topological polar surface area (TPSA) is 41.9 Å². The summed E-state index contributed by atoms with van der Waals surface area (Å²) in [5, 5.41) is 12.1. The van der Waals surface area contributed by atoms with Gasteiger partial charge in [-0.25, -0.2) is 0 Å². The first kappa shape index (κ1) is 15.8. The standard InChI is InChI=1S/C15H19ClN4S/c1-5-20-11(4)14(10(3)19-20)18-15(21)17-12-7-6-9(2)13(16)8-12/h6-8H,5H2,1-4H3,(H2,17,18,21). The molecule has 0 fully saturated rings. The van der Waals surface area contributed by atoms with Gasteiger partial charge in [0.1, 0.15) is 0 Å². The number of hydrogen-bond donors (Lipinski definition) is 2. The monoisotopic (exact) mass is 322 g/mol. The molecule has 1 heterocycles. The third kappa shape index (κ3) is 3.54. The highest BCUT2D eigenvalue weighted by Crippen LogP contribution is 2.22. The largest absolute Gasteiger partial charge is 0.332 e. The van der Waals surface area contributed by atoms with Crippen molar-refractivity contribution in [1.82, 2.24) is 9.78 Å². The molecule has 21 heavy (non-hydrogen) atoms. The fraction of sp³-hybridized carbons (Fsp3) is 0.333. The number of thiocarbonyl (C=S) groups is 1. The number of nitrogens with zero attached hydrogens (tertiary/aromatic N) is 2. The maximum Gasteiger partial charge on any atom is 0.175 e. The fourth-order valence-corrected chi connectivity index (χ4v) is 2.53. The van der Waals surface area contributed by atoms with Gasteiger partial charge >= 0.3 is 0 Å². The van der Waals surface area contributed by atoms with E-state index in [1.807, 2.05) is 43.7 Å². The lowest BCUT2D eigenvalue weighted by Crippen LogP contribution is -2.20. The first-order valence-corrected chi connectivity index (χ1v) is 7.59. The number of aryl methyl sites for hydroxylation is 3. The van der Waals surface area contributed by atoms with Crippen molar-refractivity contribution < 1.29 is 0 Å². The number of benzene rings is 1. The predicted octanol–water partition coefficient (Wildman–Crippen LogP) is 4.29. The van der Waals surface area contributed by atoms with Crippen molar-refractivity contribution in [2.24, 2.45) is 0 Å². The van der Waals surface area contributed by atoms with Crippen LogP contribution in [-0.2, 0) is 6.54 Å². The number of halogens is 1. The van der Waals surface area contributed by atoms with E-state index in [9.17, 15) is 0 Å². The maximum atomic E-state index is 6.11. The van der Waals surface area contributed by atoms with Crippen LogP contribution < -0.4 is 10.6 Å². The molecule has 0 aliphatic heterocycles. The van der Waals surface area contributed by atoms with E-state index >= 15 is 0 Å². The summed E-state index contributed by atoms with van der Waals surface area (Å²) < 4.78 is 1.95. The molecule has 0 atom stereocenters. The van der Waals surface area contributed by atoms with E-state index in [2.05, 4.69) is 22.7 Å². The second-order valence-electron chi connectivity index (χ2n) is 4.90. The molecule has 0 saturated carbocycles. The minimum absolute atomic E-state index is 0.525. The van der Waals surface area contributed by atoms with E-state index in [1.165, 1.54) is 0 Å². The molecule has 6 heteroatoms. The Morgan fingerprint density at radius 3 is 2.57 bits per heavy atom. The highest BCUT2D eigenvalue weighted by molar-refractivity contribution is 7.80. The molecule has 0 aliphatic rings. The fourth-order valence-electron chi connectivity index (χ4n) is 2.13. The normalized spacial score (nSPS) is 10.5. The van der Waals surface area contributed by atoms with Crippen LogP contribution in [0.25, 0.3) is 0 Å². The van der Waals surface area contributed by atoms with Crippen LogP contribution in [0, 0.1) is 20.8 Å². The minimum atomic E-state index is 0.525. The van der Waals surface area contributed by atoms with Crippen LogP contribution in [0.2, 0.25) is 5.02 Å². The van der Waals surface area contributed by atoms with Gasteiger partial charge in [0.05, 0.1) is 17.1 Å². The van der Waals surface area contributed by atoms with Crippen LogP contribution in [0.3, 0.4) is 0 Å². The quantitative estimate of drug-likeness (QED) is 0.827. The van der Waals surface area contributed by atoms with Gasteiger partial charge in [0.25, 0.3) is 0 Å². The van der Waals surface area contributed by atoms with Crippen LogP contribution in [0.15, 0.2) is 18.2 Å². The van der Waals surface area contributed by atoms with E-state index < -0.39 is 0 Å². The number of hydrogen-bond acceptors (Lipinski definition) is 2. The van der Waals surface area contributed by atoms with Crippen molar-refractivity contribution in [3.05, 3.63) is 40.2 Å². The molecule has 0 saturated heterocycles. The van der Waals surface area contributed by atoms with Gasteiger partial charge in [-0.2, -0.15) is 5.10 Å². The van der Waals surface area contributed by atoms with E-state index in [0.717, 1.165) is 34.9 Å². The first-order valence-electron chi connectivity index (χ1n) is 6.80. The minimum Gasteiger partial charge on any atom is -0.332 e. The van der Waals surface area contributed by atoms with Crippen LogP contribution >= 0.6 is 23.8 Å². The van der Waals surface area contributed by atoms with Gasteiger partial charge in [-0.05, 0) is 57.6 Å². The molecule has 112 valence electrons. The molecule has 0 amide bonds. The summed E-state index contributed by atoms with van der Waals surface area (Å²) in [4.78, 5) is 0. The van der Waals surface area contributed by atoms with Crippen LogP contribution in [-0.4, -0.2) is 14.9 Å². The zero-order valence-electron chi connectivity index (χ0n) is 12.6. The smallest absolute Gasteiger partial charge is 0.175 e. The lowest BCUT2D eigenvalue weighted by molar-refractivity contribution is 0.634.